The maximum absolute atomic E-state index is 11.2. The summed E-state index contributed by atoms with van der Waals surface area (Å²) in [5.74, 6) is -1.01. The summed E-state index contributed by atoms with van der Waals surface area (Å²) in [5.41, 5.74) is 0. The molecule has 0 unspecified atom stereocenters. The van der Waals surface area contributed by atoms with E-state index in [9.17, 15) is 14.4 Å². The van der Waals surface area contributed by atoms with Gasteiger partial charge in [0.1, 0.15) is 11.6 Å². The summed E-state index contributed by atoms with van der Waals surface area (Å²) < 4.78 is 0. The van der Waals surface area contributed by atoms with Gasteiger partial charge in [-0.15, -0.1) is 0 Å². The zero-order valence-corrected chi connectivity index (χ0v) is 9.12. The molecule has 4 heteroatoms. The zero-order valence-electron chi connectivity index (χ0n) is 9.12. The molecule has 0 aliphatic heterocycles. The second-order valence-electron chi connectivity index (χ2n) is 3.57. The van der Waals surface area contributed by atoms with Crippen LogP contribution in [0.2, 0.25) is 0 Å². The predicted octanol–water partition coefficient (Wildman–Crippen LogP) is 1.96. The van der Waals surface area contributed by atoms with Gasteiger partial charge in [-0.1, -0.05) is 13.3 Å². The Morgan fingerprint density at radius 1 is 0.867 bits per heavy atom. The average Bonchev–Trinajstić information content (AvgIpc) is 2.20. The van der Waals surface area contributed by atoms with Crippen LogP contribution in [-0.2, 0) is 14.4 Å². The van der Waals surface area contributed by atoms with Gasteiger partial charge in [0.2, 0.25) is 0 Å². The van der Waals surface area contributed by atoms with Crippen LogP contribution in [0.5, 0.6) is 0 Å². The van der Waals surface area contributed by atoms with Crippen LogP contribution in [0.15, 0.2) is 0 Å². The molecule has 0 amide bonds. The maximum atomic E-state index is 11.2. The molecule has 4 nitrogen and oxygen atoms in total. The lowest BCUT2D eigenvalue weighted by Gasteiger charge is -1.99. The molecule has 0 aromatic carbocycles. The van der Waals surface area contributed by atoms with Crippen molar-refractivity contribution >= 4 is 17.5 Å². The Kier molecular flexibility index (Phi) is 7.50. The summed E-state index contributed by atoms with van der Waals surface area (Å²) in [6.45, 7) is 2.01. The Labute approximate surface area is 89.7 Å². The standard InChI is InChI=1S/C11H18O4/c1-2-3-4-9(12)5-6-10(13)7-8-11(14)15/h2-8H2,1H3,(H,14,15). The fraction of sp³-hybridized carbons (Fsp3) is 0.727. The smallest absolute Gasteiger partial charge is 0.303 e. The number of carboxylic acids is 1. The lowest BCUT2D eigenvalue weighted by molar-refractivity contribution is -0.138. The van der Waals surface area contributed by atoms with E-state index < -0.39 is 5.97 Å². The van der Waals surface area contributed by atoms with Crippen LogP contribution in [-0.4, -0.2) is 22.6 Å². The number of hydrogen-bond acceptors (Lipinski definition) is 3. The van der Waals surface area contributed by atoms with Crippen molar-refractivity contribution in [2.45, 2.75) is 51.9 Å². The molecule has 0 saturated carbocycles. The van der Waals surface area contributed by atoms with E-state index >= 15 is 0 Å². The Morgan fingerprint density at radius 3 is 1.80 bits per heavy atom. The highest BCUT2D eigenvalue weighted by molar-refractivity contribution is 5.87. The van der Waals surface area contributed by atoms with Crippen molar-refractivity contribution in [2.24, 2.45) is 0 Å². The van der Waals surface area contributed by atoms with Gasteiger partial charge in [-0.3, -0.25) is 14.4 Å². The molecule has 0 atom stereocenters. The van der Waals surface area contributed by atoms with E-state index in [0.717, 1.165) is 12.8 Å². The van der Waals surface area contributed by atoms with Gasteiger partial charge in [0, 0.05) is 25.7 Å². The van der Waals surface area contributed by atoms with E-state index in [1.54, 1.807) is 0 Å². The summed E-state index contributed by atoms with van der Waals surface area (Å²) >= 11 is 0. The lowest BCUT2D eigenvalue weighted by Crippen LogP contribution is -2.06. The predicted molar refractivity (Wildman–Crippen MR) is 55.6 cm³/mol. The van der Waals surface area contributed by atoms with Gasteiger partial charge >= 0.3 is 5.97 Å². The first kappa shape index (κ1) is 13.8. The molecule has 0 aliphatic carbocycles. The van der Waals surface area contributed by atoms with Crippen LogP contribution in [0.4, 0.5) is 0 Å². The van der Waals surface area contributed by atoms with E-state index in [4.69, 9.17) is 5.11 Å². The summed E-state index contributed by atoms with van der Waals surface area (Å²) in [6, 6.07) is 0. The highest BCUT2D eigenvalue weighted by Crippen LogP contribution is 2.04. The van der Waals surface area contributed by atoms with Crippen LogP contribution in [0, 0.1) is 0 Å². The molecular weight excluding hydrogens is 196 g/mol. The minimum absolute atomic E-state index is 0.0381. The molecule has 0 aliphatic rings. The quantitative estimate of drug-likeness (QED) is 0.636. The van der Waals surface area contributed by atoms with Gasteiger partial charge in [-0.25, -0.2) is 0 Å². The summed E-state index contributed by atoms with van der Waals surface area (Å²) in [6.07, 6.45) is 2.72. The monoisotopic (exact) mass is 214 g/mol. The zero-order chi connectivity index (χ0) is 11.7. The number of carbonyl (C=O) groups is 3. The van der Waals surface area contributed by atoms with Gasteiger partial charge in [-0.05, 0) is 6.42 Å². The third kappa shape index (κ3) is 9.12. The average molecular weight is 214 g/mol. The molecule has 15 heavy (non-hydrogen) atoms. The first-order valence-corrected chi connectivity index (χ1v) is 5.31. The fourth-order valence-corrected chi connectivity index (χ4v) is 1.15. The minimum Gasteiger partial charge on any atom is -0.481 e. The first-order valence-electron chi connectivity index (χ1n) is 5.31. The molecule has 0 rings (SSSR count). The van der Waals surface area contributed by atoms with Crippen molar-refractivity contribution in [1.29, 1.82) is 0 Å². The van der Waals surface area contributed by atoms with Gasteiger partial charge in [0.15, 0.2) is 0 Å². The fourth-order valence-electron chi connectivity index (χ4n) is 1.15. The van der Waals surface area contributed by atoms with Crippen LogP contribution >= 0.6 is 0 Å². The normalized spacial score (nSPS) is 9.93. The van der Waals surface area contributed by atoms with Crippen LogP contribution in [0.25, 0.3) is 0 Å². The molecule has 0 aromatic heterocycles. The SMILES string of the molecule is CCCCC(=O)CCC(=O)CCC(=O)O. The molecular formula is C11H18O4. The Morgan fingerprint density at radius 2 is 1.33 bits per heavy atom. The van der Waals surface area contributed by atoms with Crippen LogP contribution in [0.1, 0.15) is 51.9 Å². The number of rotatable bonds is 9. The second kappa shape index (κ2) is 8.15. The van der Waals surface area contributed by atoms with Gasteiger partial charge < -0.3 is 5.11 Å². The highest BCUT2D eigenvalue weighted by Gasteiger charge is 2.08. The van der Waals surface area contributed by atoms with Gasteiger partial charge in [0.25, 0.3) is 0 Å². The highest BCUT2D eigenvalue weighted by atomic mass is 16.4. The largest absolute Gasteiger partial charge is 0.481 e. The van der Waals surface area contributed by atoms with Crippen molar-refractivity contribution in [3.8, 4) is 0 Å². The summed E-state index contributed by atoms with van der Waals surface area (Å²) in [4.78, 5) is 32.5. The lowest BCUT2D eigenvalue weighted by atomic mass is 10.1. The van der Waals surface area contributed by atoms with E-state index in [2.05, 4.69) is 0 Å². The molecule has 0 bridgehead atoms. The number of ketones is 2. The first-order chi connectivity index (χ1) is 7.06. The molecule has 0 spiro atoms. The summed E-state index contributed by atoms with van der Waals surface area (Å²) in [5, 5.41) is 8.34. The second-order valence-corrected chi connectivity index (χ2v) is 3.57. The number of hydrogen-bond donors (Lipinski definition) is 1. The maximum Gasteiger partial charge on any atom is 0.303 e. The van der Waals surface area contributed by atoms with Crippen molar-refractivity contribution in [3.05, 3.63) is 0 Å². The minimum atomic E-state index is -0.972. The molecule has 0 radical (unpaired) electrons. The number of unbranched alkanes of at least 4 members (excludes halogenated alkanes) is 1. The van der Waals surface area contributed by atoms with E-state index in [1.807, 2.05) is 6.92 Å². The van der Waals surface area contributed by atoms with E-state index in [0.29, 0.717) is 6.42 Å². The van der Waals surface area contributed by atoms with Crippen LogP contribution < -0.4 is 0 Å². The van der Waals surface area contributed by atoms with Crippen molar-refractivity contribution < 1.29 is 19.5 Å². The Bertz CT molecular complexity index is 233. The van der Waals surface area contributed by atoms with E-state index in [-0.39, 0.29) is 37.2 Å². The van der Waals surface area contributed by atoms with Crippen LogP contribution in [0.3, 0.4) is 0 Å². The van der Waals surface area contributed by atoms with Gasteiger partial charge in [-0.2, -0.15) is 0 Å². The van der Waals surface area contributed by atoms with Crippen molar-refractivity contribution in [1.82, 2.24) is 0 Å². The number of carboxylic acid groups (broad SMARTS) is 1. The Balaban J connectivity index is 3.53. The molecule has 0 saturated heterocycles. The third-order valence-electron chi connectivity index (χ3n) is 2.11. The topological polar surface area (TPSA) is 71.4 Å². The third-order valence-corrected chi connectivity index (χ3v) is 2.11. The number of carbonyl (C=O) groups excluding carboxylic acids is 2. The Hall–Kier alpha value is -1.19. The van der Waals surface area contributed by atoms with Gasteiger partial charge in [0.05, 0.1) is 6.42 Å². The molecule has 0 heterocycles. The van der Waals surface area contributed by atoms with Crippen molar-refractivity contribution in [3.63, 3.8) is 0 Å². The van der Waals surface area contributed by atoms with Crippen molar-refractivity contribution in [2.75, 3.05) is 0 Å². The molecule has 0 fully saturated rings. The molecule has 86 valence electrons. The summed E-state index contributed by atoms with van der Waals surface area (Å²) in [7, 11) is 0. The number of Topliss-reactive ketones (excluding diaryl/α,β-unsaturated/α-hetero) is 2. The number of aliphatic carboxylic acids is 1. The molecule has 1 N–H and O–H groups in total. The van der Waals surface area contributed by atoms with E-state index in [1.165, 1.54) is 0 Å². The molecule has 0 aromatic rings.